The third kappa shape index (κ3) is 8.65. The van der Waals surface area contributed by atoms with Gasteiger partial charge in [0.15, 0.2) is 5.60 Å². The van der Waals surface area contributed by atoms with Gasteiger partial charge in [0.2, 0.25) is 12.2 Å². The van der Waals surface area contributed by atoms with Crippen molar-refractivity contribution in [2.75, 3.05) is 0 Å². The maximum Gasteiger partial charge on any atom is 0.349 e. The molecule has 15 nitrogen and oxygen atoms in total. The molecule has 0 amide bonds. The minimum absolute atomic E-state index is 0.774. The van der Waals surface area contributed by atoms with Crippen LogP contribution in [0.1, 0.15) is 25.7 Å². The van der Waals surface area contributed by atoms with Gasteiger partial charge in [-0.1, -0.05) is 0 Å². The topological polar surface area (TPSA) is 259 Å². The maximum absolute atomic E-state index is 11.8. The van der Waals surface area contributed by atoms with Crippen LogP contribution >= 0.6 is 0 Å². The first-order chi connectivity index (χ1) is 13.2. The van der Waals surface area contributed by atoms with Crippen molar-refractivity contribution >= 4 is 41.8 Å². The van der Waals surface area contributed by atoms with Crippen molar-refractivity contribution in [3.8, 4) is 0 Å². The van der Waals surface area contributed by atoms with Gasteiger partial charge in [0.05, 0.1) is 25.7 Å². The molecular formula is C14H16O15. The highest BCUT2D eigenvalue weighted by atomic mass is 16.6. The Morgan fingerprint density at radius 1 is 0.655 bits per heavy atom. The quantitative estimate of drug-likeness (QED) is 0.167. The highest BCUT2D eigenvalue weighted by Gasteiger charge is 2.45. The molecule has 29 heavy (non-hydrogen) atoms. The van der Waals surface area contributed by atoms with E-state index < -0.39 is 85.3 Å². The molecule has 0 rings (SSSR count). The highest BCUT2D eigenvalue weighted by molar-refractivity contribution is 5.91. The van der Waals surface area contributed by atoms with Crippen LogP contribution in [0.25, 0.3) is 0 Å². The van der Waals surface area contributed by atoms with E-state index in [4.69, 9.17) is 25.5 Å². The Morgan fingerprint density at radius 3 is 1.45 bits per heavy atom. The molecule has 0 aromatic heterocycles. The molecule has 0 saturated carbocycles. The molecule has 0 heterocycles. The van der Waals surface area contributed by atoms with Crippen LogP contribution in [0.3, 0.4) is 0 Å². The first-order valence-electron chi connectivity index (χ1n) is 7.43. The van der Waals surface area contributed by atoms with Crippen LogP contribution in [0.2, 0.25) is 0 Å². The third-order valence-corrected chi connectivity index (χ3v) is 3.10. The summed E-state index contributed by atoms with van der Waals surface area (Å²) in [4.78, 5) is 77.6. The summed E-state index contributed by atoms with van der Waals surface area (Å²) >= 11 is 0. The van der Waals surface area contributed by atoms with Crippen molar-refractivity contribution in [1.82, 2.24) is 0 Å². The van der Waals surface area contributed by atoms with Gasteiger partial charge in [-0.05, 0) is 0 Å². The van der Waals surface area contributed by atoms with Crippen LogP contribution in [0.5, 0.6) is 0 Å². The SMILES string of the molecule is O=C(O)CCC(=O)OC(C(=O)O)C(OC(=O)CC(O)(CC(=O)O)C(=O)O)C(=O)O. The predicted octanol–water partition coefficient (Wildman–Crippen LogP) is -2.48. The molecule has 0 radical (unpaired) electrons. The van der Waals surface area contributed by atoms with Gasteiger partial charge in [0.25, 0.3) is 0 Å². The van der Waals surface area contributed by atoms with E-state index in [1.165, 1.54) is 0 Å². The summed E-state index contributed by atoms with van der Waals surface area (Å²) in [7, 11) is 0. The Morgan fingerprint density at radius 2 is 1.10 bits per heavy atom. The first-order valence-corrected chi connectivity index (χ1v) is 7.43. The smallest absolute Gasteiger partial charge is 0.349 e. The molecule has 162 valence electrons. The number of esters is 2. The van der Waals surface area contributed by atoms with Crippen molar-refractivity contribution in [3.05, 3.63) is 0 Å². The summed E-state index contributed by atoms with van der Waals surface area (Å²) in [5.74, 6) is -12.9. The second kappa shape index (κ2) is 10.5. The molecule has 3 atom stereocenters. The van der Waals surface area contributed by atoms with Gasteiger partial charge in [0.1, 0.15) is 0 Å². The standard InChI is InChI=1S/C14H16O15/c15-5(16)1-2-7(19)28-9(11(21)22)10(12(23)24)29-8(20)4-14(27,13(25)26)3-6(17)18/h9-10,27H,1-4H2,(H,15,16)(H,17,18)(H,21,22)(H,23,24)(H,25,26). The van der Waals surface area contributed by atoms with Crippen LogP contribution < -0.4 is 0 Å². The molecular weight excluding hydrogens is 408 g/mol. The number of aliphatic carboxylic acids is 5. The lowest BCUT2D eigenvalue weighted by Crippen LogP contribution is -2.48. The Kier molecular flexibility index (Phi) is 9.19. The normalized spacial score (nSPS) is 14.5. The average molecular weight is 424 g/mol. The zero-order chi connectivity index (χ0) is 22.9. The maximum atomic E-state index is 11.8. The van der Waals surface area contributed by atoms with Crippen molar-refractivity contribution in [1.29, 1.82) is 0 Å². The van der Waals surface area contributed by atoms with E-state index in [2.05, 4.69) is 9.47 Å². The van der Waals surface area contributed by atoms with Gasteiger partial charge >= 0.3 is 41.8 Å². The number of hydrogen-bond acceptors (Lipinski definition) is 10. The molecule has 15 heteroatoms. The molecule has 0 aliphatic carbocycles. The molecule has 0 fully saturated rings. The Bertz CT molecular complexity index is 710. The number of hydrogen-bond donors (Lipinski definition) is 6. The van der Waals surface area contributed by atoms with Gasteiger partial charge in [-0.3, -0.25) is 19.2 Å². The van der Waals surface area contributed by atoms with Crippen LogP contribution in [-0.2, 0) is 43.0 Å². The number of carbonyl (C=O) groups is 7. The second-order valence-electron chi connectivity index (χ2n) is 5.48. The number of carbonyl (C=O) groups excluding carboxylic acids is 2. The van der Waals surface area contributed by atoms with Crippen molar-refractivity contribution < 1.29 is 73.7 Å². The van der Waals surface area contributed by atoms with E-state index in [9.17, 15) is 38.7 Å². The Hall–Kier alpha value is -3.75. The van der Waals surface area contributed by atoms with E-state index in [1.54, 1.807) is 0 Å². The third-order valence-electron chi connectivity index (χ3n) is 3.10. The largest absolute Gasteiger partial charge is 0.481 e. The van der Waals surface area contributed by atoms with Crippen LogP contribution in [0, 0.1) is 0 Å². The fraction of sp³-hybridized carbons (Fsp3) is 0.500. The molecule has 0 saturated heterocycles. The number of ether oxygens (including phenoxy) is 2. The summed E-state index contributed by atoms with van der Waals surface area (Å²) in [6, 6.07) is 0. The second-order valence-corrected chi connectivity index (χ2v) is 5.48. The lowest BCUT2D eigenvalue weighted by atomic mass is 9.96. The summed E-state index contributed by atoms with van der Waals surface area (Å²) in [5, 5.41) is 53.6. The minimum atomic E-state index is -3.19. The van der Waals surface area contributed by atoms with Crippen LogP contribution in [0.4, 0.5) is 0 Å². The molecule has 6 N–H and O–H groups in total. The van der Waals surface area contributed by atoms with Crippen molar-refractivity contribution in [3.63, 3.8) is 0 Å². The van der Waals surface area contributed by atoms with E-state index in [0.717, 1.165) is 0 Å². The summed E-state index contributed by atoms with van der Waals surface area (Å²) < 4.78 is 8.56. The van der Waals surface area contributed by atoms with Gasteiger partial charge in [-0.25, -0.2) is 14.4 Å². The Labute approximate surface area is 160 Å². The number of carboxylic acid groups (broad SMARTS) is 5. The molecule has 3 unspecified atom stereocenters. The van der Waals surface area contributed by atoms with Gasteiger partial charge in [-0.2, -0.15) is 0 Å². The fourth-order valence-corrected chi connectivity index (χ4v) is 1.78. The average Bonchev–Trinajstić information content (AvgIpc) is 2.54. The highest BCUT2D eigenvalue weighted by Crippen LogP contribution is 2.19. The summed E-state index contributed by atoms with van der Waals surface area (Å²) in [6.45, 7) is 0. The van der Waals surface area contributed by atoms with Gasteiger partial charge in [-0.15, -0.1) is 0 Å². The van der Waals surface area contributed by atoms with Gasteiger partial charge in [0, 0.05) is 0 Å². The van der Waals surface area contributed by atoms with E-state index in [0.29, 0.717) is 0 Å². The lowest BCUT2D eigenvalue weighted by Gasteiger charge is -2.24. The van der Waals surface area contributed by atoms with Gasteiger partial charge < -0.3 is 40.1 Å². The Balaban J connectivity index is 5.41. The number of carboxylic acids is 5. The van der Waals surface area contributed by atoms with Crippen molar-refractivity contribution in [2.45, 2.75) is 43.5 Å². The van der Waals surface area contributed by atoms with Crippen molar-refractivity contribution in [2.24, 2.45) is 0 Å². The molecule has 0 aromatic carbocycles. The zero-order valence-electron chi connectivity index (χ0n) is 14.3. The number of aliphatic hydroxyl groups is 1. The fourth-order valence-electron chi connectivity index (χ4n) is 1.78. The van der Waals surface area contributed by atoms with E-state index >= 15 is 0 Å². The summed E-state index contributed by atoms with van der Waals surface area (Å²) in [5.41, 5.74) is -3.19. The molecule has 0 aliphatic heterocycles. The van der Waals surface area contributed by atoms with Crippen LogP contribution in [-0.4, -0.2) is 90.2 Å². The molecule has 0 aromatic rings. The zero-order valence-corrected chi connectivity index (χ0v) is 14.3. The van der Waals surface area contributed by atoms with Crippen LogP contribution in [0.15, 0.2) is 0 Å². The molecule has 0 spiro atoms. The minimum Gasteiger partial charge on any atom is -0.481 e. The summed E-state index contributed by atoms with van der Waals surface area (Å²) in [6.07, 6.45) is -10.0. The molecule has 0 bridgehead atoms. The lowest BCUT2D eigenvalue weighted by molar-refractivity contribution is -0.191. The van der Waals surface area contributed by atoms with E-state index in [-0.39, 0.29) is 0 Å². The molecule has 0 aliphatic rings. The number of rotatable bonds is 13. The van der Waals surface area contributed by atoms with E-state index in [1.807, 2.05) is 0 Å². The first kappa shape index (κ1) is 25.2. The monoisotopic (exact) mass is 424 g/mol. The predicted molar refractivity (Wildman–Crippen MR) is 81.4 cm³/mol.